The van der Waals surface area contributed by atoms with Gasteiger partial charge in [0.05, 0.1) is 4.92 Å². The Bertz CT molecular complexity index is 1550. The summed E-state index contributed by atoms with van der Waals surface area (Å²) < 4.78 is 48.9. The minimum atomic E-state index is -1.52. The lowest BCUT2D eigenvalue weighted by Gasteiger charge is -2.43. The van der Waals surface area contributed by atoms with Crippen molar-refractivity contribution >= 4 is 35.7 Å². The molecule has 0 aromatic heterocycles. The minimum Gasteiger partial charge on any atom is -0.480 e. The maximum atomic E-state index is 12.3. The second-order valence-electron chi connectivity index (χ2n) is 9.84. The molecule has 1 aliphatic rings. The molecule has 2 aromatic carbocycles. The van der Waals surface area contributed by atoms with Crippen molar-refractivity contribution in [2.45, 2.75) is 65.0 Å². The summed E-state index contributed by atoms with van der Waals surface area (Å²) in [7, 11) is 0. The molecule has 1 aliphatic heterocycles. The van der Waals surface area contributed by atoms with Gasteiger partial charge in [0, 0.05) is 51.5 Å². The molecule has 0 radical (unpaired) electrons. The molecular weight excluding hydrogens is 642 g/mol. The van der Waals surface area contributed by atoms with Crippen molar-refractivity contribution in [3.8, 4) is 29.6 Å². The summed E-state index contributed by atoms with van der Waals surface area (Å²) in [6, 6.07) is 8.97. The third-order valence-electron chi connectivity index (χ3n) is 6.14. The zero-order chi connectivity index (χ0) is 35.4. The Kier molecular flexibility index (Phi) is 13.1. The predicted octanol–water partition coefficient (Wildman–Crippen LogP) is 2.78. The average molecular weight is 674 g/mol. The molecule has 0 bridgehead atoms. The fraction of sp³-hybridized carbons (Fsp3) is 0.387. The Morgan fingerprint density at radius 1 is 0.833 bits per heavy atom. The second-order valence-corrected chi connectivity index (χ2v) is 9.84. The molecule has 1 saturated heterocycles. The van der Waals surface area contributed by atoms with E-state index in [4.69, 9.17) is 49.1 Å². The van der Waals surface area contributed by atoms with Crippen LogP contribution in [0.15, 0.2) is 42.5 Å². The van der Waals surface area contributed by atoms with Crippen LogP contribution in [-0.4, -0.2) is 78.9 Å². The van der Waals surface area contributed by atoms with Gasteiger partial charge in [-0.3, -0.25) is 29.3 Å². The van der Waals surface area contributed by atoms with Gasteiger partial charge in [-0.05, 0) is 24.3 Å². The number of nitrogens with zero attached hydrogens (tertiary/aromatic N) is 1. The topological polar surface area (TPSA) is 212 Å². The number of benzene rings is 2. The Balaban J connectivity index is 1.86. The first-order chi connectivity index (χ1) is 22.8. The van der Waals surface area contributed by atoms with Crippen LogP contribution in [0.2, 0.25) is 0 Å². The van der Waals surface area contributed by atoms with E-state index in [-0.39, 0.29) is 36.1 Å². The van der Waals surface area contributed by atoms with Gasteiger partial charge >= 0.3 is 30.0 Å². The third kappa shape index (κ3) is 10.9. The molecule has 1 fully saturated rings. The van der Waals surface area contributed by atoms with E-state index in [1.165, 1.54) is 30.3 Å². The zero-order valence-corrected chi connectivity index (χ0v) is 26.1. The van der Waals surface area contributed by atoms with Crippen LogP contribution in [0.4, 0.5) is 10.5 Å². The summed E-state index contributed by atoms with van der Waals surface area (Å²) in [6.07, 6.45) is -2.87. The molecule has 1 heterocycles. The molecule has 0 saturated carbocycles. The third-order valence-corrected chi connectivity index (χ3v) is 6.14. The molecule has 48 heavy (non-hydrogen) atoms. The standard InChI is InChI=1S/C31H31NO16/c1-6-13-40-25-14-24(10-7-21(25)15-42-31(37)47-23-11-8-22(9-12-23)32(38)39)46-30-29(45-20(5)36)28(44-19(4)35)27(43-18(3)34)26(48-30)16-41-17(2)33/h1,7-12,14,26-30H,13,15-16H2,2-5H3/t26-,27-,28+,29-,30-/m1/s1. The van der Waals surface area contributed by atoms with Crippen LogP contribution in [-0.2, 0) is 54.2 Å². The number of nitro groups is 1. The van der Waals surface area contributed by atoms with E-state index in [9.17, 15) is 34.1 Å². The smallest absolute Gasteiger partial charge is 0.480 e. The molecule has 256 valence electrons. The van der Waals surface area contributed by atoms with E-state index in [2.05, 4.69) is 5.92 Å². The van der Waals surface area contributed by atoms with Crippen molar-refractivity contribution in [3.05, 3.63) is 58.1 Å². The highest BCUT2D eigenvalue weighted by atomic mass is 16.7. The fourth-order valence-corrected chi connectivity index (χ4v) is 4.30. The van der Waals surface area contributed by atoms with E-state index in [0.717, 1.165) is 39.8 Å². The fourth-order valence-electron chi connectivity index (χ4n) is 4.30. The summed E-state index contributed by atoms with van der Waals surface area (Å²) in [5, 5.41) is 10.8. The molecule has 0 amide bonds. The number of rotatable bonds is 13. The number of esters is 4. The first-order valence-electron chi connectivity index (χ1n) is 14.0. The van der Waals surface area contributed by atoms with Crippen molar-refractivity contribution in [3.63, 3.8) is 0 Å². The van der Waals surface area contributed by atoms with Gasteiger partial charge in [0.2, 0.25) is 12.4 Å². The number of hydrogen-bond donors (Lipinski definition) is 0. The van der Waals surface area contributed by atoms with Gasteiger partial charge in [-0.2, -0.15) is 0 Å². The summed E-state index contributed by atoms with van der Waals surface area (Å²) in [4.78, 5) is 70.2. The second kappa shape index (κ2) is 17.1. The molecule has 17 nitrogen and oxygen atoms in total. The molecule has 5 atom stereocenters. The monoisotopic (exact) mass is 673 g/mol. The van der Waals surface area contributed by atoms with Gasteiger partial charge in [0.15, 0.2) is 12.2 Å². The SMILES string of the molecule is C#CCOc1cc(O[C@@H]2O[C@H](COC(C)=O)[C@@H](OC(C)=O)[C@H](OC(C)=O)[C@H]2OC(C)=O)ccc1COC(=O)Oc1ccc([N+](=O)[O-])cc1. The maximum absolute atomic E-state index is 12.3. The van der Waals surface area contributed by atoms with Gasteiger partial charge in [0.1, 0.15) is 43.2 Å². The first-order valence-corrected chi connectivity index (χ1v) is 14.0. The summed E-state index contributed by atoms with van der Waals surface area (Å²) in [5.74, 6) is -0.675. The molecular formula is C31H31NO16. The highest BCUT2D eigenvalue weighted by Gasteiger charge is 2.53. The summed E-state index contributed by atoms with van der Waals surface area (Å²) >= 11 is 0. The van der Waals surface area contributed by atoms with Crippen LogP contribution in [0.1, 0.15) is 33.3 Å². The number of non-ortho nitro benzene ring substituents is 1. The van der Waals surface area contributed by atoms with Gasteiger partial charge in [-0.25, -0.2) is 4.79 Å². The molecule has 2 aromatic rings. The lowest BCUT2D eigenvalue weighted by molar-refractivity contribution is -0.384. The Labute approximate surface area is 273 Å². The van der Waals surface area contributed by atoms with Crippen LogP contribution in [0.25, 0.3) is 0 Å². The summed E-state index contributed by atoms with van der Waals surface area (Å²) in [6.45, 7) is 3.37. The molecule has 0 unspecified atom stereocenters. The first kappa shape index (κ1) is 36.6. The number of hydrogen-bond acceptors (Lipinski definition) is 16. The Hall–Kier alpha value is -5.89. The maximum Gasteiger partial charge on any atom is 0.514 e. The van der Waals surface area contributed by atoms with Crippen molar-refractivity contribution < 1.29 is 71.5 Å². The molecule has 0 spiro atoms. The number of nitro benzene ring substituents is 1. The quantitative estimate of drug-likeness (QED) is 0.0747. The minimum absolute atomic E-state index is 0.00275. The highest BCUT2D eigenvalue weighted by Crippen LogP contribution is 2.33. The molecule has 17 heteroatoms. The van der Waals surface area contributed by atoms with E-state index in [0.29, 0.717) is 5.56 Å². The number of carbonyl (C=O) groups excluding carboxylic acids is 5. The lowest BCUT2D eigenvalue weighted by Crippen LogP contribution is -2.63. The number of ether oxygens (including phenoxy) is 9. The van der Waals surface area contributed by atoms with E-state index < -0.39 is 72.3 Å². The lowest BCUT2D eigenvalue weighted by atomic mass is 9.98. The van der Waals surface area contributed by atoms with Gasteiger partial charge < -0.3 is 42.6 Å². The summed E-state index contributed by atoms with van der Waals surface area (Å²) in [5.41, 5.74) is 0.108. The van der Waals surface area contributed by atoms with Crippen molar-refractivity contribution in [2.24, 2.45) is 0 Å². The van der Waals surface area contributed by atoms with Crippen LogP contribution >= 0.6 is 0 Å². The highest BCUT2D eigenvalue weighted by molar-refractivity contribution is 5.69. The van der Waals surface area contributed by atoms with Crippen LogP contribution < -0.4 is 14.2 Å². The average Bonchev–Trinajstić information content (AvgIpc) is 3.01. The molecule has 0 N–H and O–H groups in total. The Morgan fingerprint density at radius 3 is 2.02 bits per heavy atom. The van der Waals surface area contributed by atoms with Crippen molar-refractivity contribution in [1.29, 1.82) is 0 Å². The Morgan fingerprint density at radius 2 is 1.44 bits per heavy atom. The van der Waals surface area contributed by atoms with E-state index >= 15 is 0 Å². The van der Waals surface area contributed by atoms with Gasteiger partial charge in [-0.1, -0.05) is 5.92 Å². The zero-order valence-electron chi connectivity index (χ0n) is 26.1. The van der Waals surface area contributed by atoms with Crippen LogP contribution in [0.5, 0.6) is 17.2 Å². The van der Waals surface area contributed by atoms with Crippen LogP contribution in [0, 0.1) is 22.5 Å². The van der Waals surface area contributed by atoms with E-state index in [1.807, 2.05) is 0 Å². The van der Waals surface area contributed by atoms with Gasteiger partial charge in [0.25, 0.3) is 5.69 Å². The van der Waals surface area contributed by atoms with Gasteiger partial charge in [-0.15, -0.1) is 6.42 Å². The normalized spacial score (nSPS) is 19.8. The van der Waals surface area contributed by atoms with Crippen molar-refractivity contribution in [1.82, 2.24) is 0 Å². The number of carbonyl (C=O) groups is 5. The largest absolute Gasteiger partial charge is 0.514 e. The van der Waals surface area contributed by atoms with Crippen LogP contribution in [0.3, 0.4) is 0 Å². The molecule has 3 rings (SSSR count). The number of terminal acetylenes is 1. The van der Waals surface area contributed by atoms with Crippen molar-refractivity contribution in [2.75, 3.05) is 13.2 Å². The predicted molar refractivity (Wildman–Crippen MR) is 157 cm³/mol. The molecule has 0 aliphatic carbocycles. The van der Waals surface area contributed by atoms with E-state index in [1.54, 1.807) is 0 Å².